The van der Waals surface area contributed by atoms with Gasteiger partial charge in [-0.05, 0) is 29.3 Å². The molecule has 0 saturated carbocycles. The lowest BCUT2D eigenvalue weighted by molar-refractivity contribution is -0.121. The molecule has 0 radical (unpaired) electrons. The Kier molecular flexibility index (Phi) is 5.78. The fraction of sp³-hybridized carbons (Fsp3) is 0.375. The molecule has 2 aliphatic rings. The Bertz CT molecular complexity index is 1060. The van der Waals surface area contributed by atoms with Gasteiger partial charge >= 0.3 is 0 Å². The van der Waals surface area contributed by atoms with Crippen LogP contribution in [0.2, 0.25) is 0 Å². The second-order valence-electron chi connectivity index (χ2n) is 7.96. The standard InChI is InChI=1S/C24H27N3O4/c28-24(25-7-8-27-9-11-29-12-10-27)14-19(17-5-6-22-23(13-17)31-16-30-22)20-15-26-21-4-2-1-3-18(20)21/h1-6,13,15,19,26H,7-12,14,16H2,(H,25,28). The van der Waals surface area contributed by atoms with Crippen molar-refractivity contribution in [1.82, 2.24) is 15.2 Å². The number of hydrogen-bond acceptors (Lipinski definition) is 5. The van der Waals surface area contributed by atoms with E-state index in [4.69, 9.17) is 14.2 Å². The second-order valence-corrected chi connectivity index (χ2v) is 7.96. The van der Waals surface area contributed by atoms with Crippen LogP contribution in [-0.2, 0) is 9.53 Å². The average molecular weight is 421 g/mol. The summed E-state index contributed by atoms with van der Waals surface area (Å²) in [6.07, 6.45) is 2.38. The fourth-order valence-electron chi connectivity index (χ4n) is 4.36. The minimum absolute atomic E-state index is 0.0428. The molecule has 3 aromatic rings. The van der Waals surface area contributed by atoms with E-state index >= 15 is 0 Å². The lowest BCUT2D eigenvalue weighted by Gasteiger charge is -2.26. The number of para-hydroxylation sites is 1. The summed E-state index contributed by atoms with van der Waals surface area (Å²) in [6, 6.07) is 14.1. The van der Waals surface area contributed by atoms with Crippen LogP contribution in [0.25, 0.3) is 10.9 Å². The predicted molar refractivity (Wildman–Crippen MR) is 118 cm³/mol. The summed E-state index contributed by atoms with van der Waals surface area (Å²) >= 11 is 0. The minimum Gasteiger partial charge on any atom is -0.454 e. The minimum atomic E-state index is -0.0889. The highest BCUT2D eigenvalue weighted by Gasteiger charge is 2.24. The lowest BCUT2D eigenvalue weighted by atomic mass is 9.87. The lowest BCUT2D eigenvalue weighted by Crippen LogP contribution is -2.41. The third-order valence-corrected chi connectivity index (χ3v) is 6.04. The molecule has 7 heteroatoms. The molecule has 7 nitrogen and oxygen atoms in total. The number of H-pyrrole nitrogens is 1. The van der Waals surface area contributed by atoms with Gasteiger partial charge in [0, 0.05) is 55.6 Å². The molecule has 3 heterocycles. The number of ether oxygens (including phenoxy) is 3. The van der Waals surface area contributed by atoms with Gasteiger partial charge in [-0.1, -0.05) is 24.3 Å². The van der Waals surface area contributed by atoms with Crippen LogP contribution in [0.1, 0.15) is 23.5 Å². The number of carbonyl (C=O) groups is 1. The van der Waals surface area contributed by atoms with Gasteiger partial charge in [-0.2, -0.15) is 0 Å². The summed E-state index contributed by atoms with van der Waals surface area (Å²) in [5.41, 5.74) is 3.21. The van der Waals surface area contributed by atoms with Crippen LogP contribution in [-0.4, -0.2) is 62.0 Å². The van der Waals surface area contributed by atoms with Gasteiger partial charge in [0.2, 0.25) is 12.7 Å². The van der Waals surface area contributed by atoms with E-state index in [2.05, 4.69) is 27.3 Å². The molecular weight excluding hydrogens is 394 g/mol. The number of aromatic amines is 1. The van der Waals surface area contributed by atoms with Gasteiger partial charge in [-0.15, -0.1) is 0 Å². The van der Waals surface area contributed by atoms with Crippen LogP contribution in [0.15, 0.2) is 48.7 Å². The first-order valence-corrected chi connectivity index (χ1v) is 10.8. The first-order chi connectivity index (χ1) is 15.3. The Morgan fingerprint density at radius 1 is 1.10 bits per heavy atom. The van der Waals surface area contributed by atoms with E-state index in [1.807, 2.05) is 36.5 Å². The van der Waals surface area contributed by atoms with Crippen molar-refractivity contribution >= 4 is 16.8 Å². The molecule has 5 rings (SSSR count). The van der Waals surface area contributed by atoms with E-state index < -0.39 is 0 Å². The van der Waals surface area contributed by atoms with E-state index in [1.54, 1.807) is 0 Å². The molecule has 0 aliphatic carbocycles. The van der Waals surface area contributed by atoms with Crippen LogP contribution in [0.5, 0.6) is 11.5 Å². The highest BCUT2D eigenvalue weighted by atomic mass is 16.7. The SMILES string of the molecule is O=C(CC(c1ccc2c(c1)OCO2)c1c[nH]c2ccccc12)NCCN1CCOCC1. The van der Waals surface area contributed by atoms with Crippen molar-refractivity contribution in [2.75, 3.05) is 46.2 Å². The molecule has 1 amide bonds. The molecule has 31 heavy (non-hydrogen) atoms. The monoisotopic (exact) mass is 421 g/mol. The summed E-state index contributed by atoms with van der Waals surface area (Å²) in [4.78, 5) is 18.6. The number of nitrogens with one attached hydrogen (secondary N) is 2. The van der Waals surface area contributed by atoms with E-state index in [0.717, 1.165) is 66.4 Å². The third-order valence-electron chi connectivity index (χ3n) is 6.04. The molecule has 2 N–H and O–H groups in total. The molecular formula is C24H27N3O4. The van der Waals surface area contributed by atoms with Crippen molar-refractivity contribution in [1.29, 1.82) is 0 Å². The Morgan fingerprint density at radius 3 is 2.84 bits per heavy atom. The van der Waals surface area contributed by atoms with Gasteiger partial charge in [0.15, 0.2) is 11.5 Å². The zero-order chi connectivity index (χ0) is 21.0. The van der Waals surface area contributed by atoms with Gasteiger partial charge in [-0.25, -0.2) is 0 Å². The molecule has 1 aromatic heterocycles. The molecule has 2 aromatic carbocycles. The normalized spacial score (nSPS) is 17.0. The van der Waals surface area contributed by atoms with Gasteiger partial charge in [0.05, 0.1) is 13.2 Å². The van der Waals surface area contributed by atoms with Crippen LogP contribution in [0.4, 0.5) is 0 Å². The molecule has 1 fully saturated rings. The smallest absolute Gasteiger partial charge is 0.231 e. The molecule has 1 unspecified atom stereocenters. The van der Waals surface area contributed by atoms with Gasteiger partial charge in [0.1, 0.15) is 0 Å². The number of carbonyl (C=O) groups excluding carboxylic acids is 1. The summed E-state index contributed by atoms with van der Waals surface area (Å²) in [5, 5.41) is 4.24. The number of aromatic nitrogens is 1. The number of hydrogen-bond donors (Lipinski definition) is 2. The number of nitrogens with zero attached hydrogens (tertiary/aromatic N) is 1. The number of rotatable bonds is 7. The molecule has 0 spiro atoms. The summed E-state index contributed by atoms with van der Waals surface area (Å²) in [5.74, 6) is 1.43. The Labute approximate surface area is 181 Å². The maximum Gasteiger partial charge on any atom is 0.231 e. The number of fused-ring (bicyclic) bond motifs is 2. The first kappa shape index (κ1) is 19.9. The Balaban J connectivity index is 1.34. The summed E-state index contributed by atoms with van der Waals surface area (Å²) < 4.78 is 16.4. The topological polar surface area (TPSA) is 75.8 Å². The predicted octanol–water partition coefficient (Wildman–Crippen LogP) is 2.87. The second kappa shape index (κ2) is 8.99. The number of morpholine rings is 1. The summed E-state index contributed by atoms with van der Waals surface area (Å²) in [6.45, 7) is 5.09. The van der Waals surface area contributed by atoms with Crippen LogP contribution < -0.4 is 14.8 Å². The summed E-state index contributed by atoms with van der Waals surface area (Å²) in [7, 11) is 0. The maximum absolute atomic E-state index is 12.9. The van der Waals surface area contributed by atoms with E-state index in [-0.39, 0.29) is 18.6 Å². The van der Waals surface area contributed by atoms with E-state index in [0.29, 0.717) is 13.0 Å². The van der Waals surface area contributed by atoms with Crippen LogP contribution in [0, 0.1) is 0 Å². The van der Waals surface area contributed by atoms with Crippen molar-refractivity contribution in [3.8, 4) is 11.5 Å². The highest BCUT2D eigenvalue weighted by Crippen LogP contribution is 2.39. The molecule has 162 valence electrons. The van der Waals surface area contributed by atoms with Gasteiger partial charge < -0.3 is 24.5 Å². The quantitative estimate of drug-likeness (QED) is 0.614. The van der Waals surface area contributed by atoms with Crippen LogP contribution in [0.3, 0.4) is 0 Å². The van der Waals surface area contributed by atoms with Crippen molar-refractivity contribution in [2.45, 2.75) is 12.3 Å². The molecule has 1 atom stereocenters. The van der Waals surface area contributed by atoms with Crippen LogP contribution >= 0.6 is 0 Å². The van der Waals surface area contributed by atoms with E-state index in [9.17, 15) is 4.79 Å². The maximum atomic E-state index is 12.9. The molecule has 0 bridgehead atoms. The van der Waals surface area contributed by atoms with Gasteiger partial charge in [0.25, 0.3) is 0 Å². The van der Waals surface area contributed by atoms with E-state index in [1.165, 1.54) is 0 Å². The Hall–Kier alpha value is -3.03. The highest BCUT2D eigenvalue weighted by molar-refractivity contribution is 5.86. The molecule has 2 aliphatic heterocycles. The number of amides is 1. The Morgan fingerprint density at radius 2 is 1.94 bits per heavy atom. The van der Waals surface area contributed by atoms with Gasteiger partial charge in [-0.3, -0.25) is 9.69 Å². The third kappa shape index (κ3) is 4.38. The number of benzene rings is 2. The zero-order valence-electron chi connectivity index (χ0n) is 17.4. The van der Waals surface area contributed by atoms with Crippen molar-refractivity contribution < 1.29 is 19.0 Å². The zero-order valence-corrected chi connectivity index (χ0v) is 17.4. The largest absolute Gasteiger partial charge is 0.454 e. The van der Waals surface area contributed by atoms with Crippen molar-refractivity contribution in [2.24, 2.45) is 0 Å². The van der Waals surface area contributed by atoms with Crippen molar-refractivity contribution in [3.05, 3.63) is 59.8 Å². The average Bonchev–Trinajstić information content (AvgIpc) is 3.45. The fourth-order valence-corrected chi connectivity index (χ4v) is 4.36. The first-order valence-electron chi connectivity index (χ1n) is 10.8. The van der Waals surface area contributed by atoms with Crippen molar-refractivity contribution in [3.63, 3.8) is 0 Å². The molecule has 1 saturated heterocycles.